The van der Waals surface area contributed by atoms with Crippen LogP contribution in [-0.2, 0) is 4.79 Å². The van der Waals surface area contributed by atoms with Crippen LogP contribution in [0.2, 0.25) is 0 Å². The van der Waals surface area contributed by atoms with Gasteiger partial charge in [0.1, 0.15) is 5.75 Å². The van der Waals surface area contributed by atoms with Crippen molar-refractivity contribution in [3.05, 3.63) is 79.0 Å². The standard InChI is InChI=1S/C18H14N4O2/c23-17(7-6-14-3-2-8-19-12-14)22-15-4-1-5-16(11-15)24-18-13-20-9-10-21-18/h1-13H,(H,22,23)/b7-6+. The third-order valence-corrected chi connectivity index (χ3v) is 2.98. The van der Waals surface area contributed by atoms with Crippen LogP contribution < -0.4 is 10.1 Å². The van der Waals surface area contributed by atoms with Crippen LogP contribution in [0.15, 0.2) is 73.5 Å². The van der Waals surface area contributed by atoms with Crippen molar-refractivity contribution < 1.29 is 9.53 Å². The highest BCUT2D eigenvalue weighted by Gasteiger charge is 2.02. The number of hydrogen-bond donors (Lipinski definition) is 1. The fourth-order valence-electron chi connectivity index (χ4n) is 1.93. The molecule has 1 amide bonds. The van der Waals surface area contributed by atoms with Gasteiger partial charge < -0.3 is 10.1 Å². The van der Waals surface area contributed by atoms with E-state index in [-0.39, 0.29) is 5.91 Å². The van der Waals surface area contributed by atoms with Gasteiger partial charge in [-0.15, -0.1) is 0 Å². The molecule has 0 saturated carbocycles. The summed E-state index contributed by atoms with van der Waals surface area (Å²) in [5.74, 6) is 0.706. The van der Waals surface area contributed by atoms with E-state index in [0.717, 1.165) is 5.56 Å². The van der Waals surface area contributed by atoms with Crippen LogP contribution in [0.1, 0.15) is 5.56 Å². The summed E-state index contributed by atoms with van der Waals surface area (Å²) in [6.07, 6.45) is 11.1. The Morgan fingerprint density at radius 1 is 1.04 bits per heavy atom. The molecule has 0 aliphatic carbocycles. The quantitative estimate of drug-likeness (QED) is 0.730. The van der Waals surface area contributed by atoms with Crippen LogP contribution in [0.3, 0.4) is 0 Å². The molecule has 3 rings (SSSR count). The maximum atomic E-state index is 12.0. The molecule has 0 fully saturated rings. The molecular weight excluding hydrogens is 304 g/mol. The molecule has 24 heavy (non-hydrogen) atoms. The van der Waals surface area contributed by atoms with Gasteiger partial charge in [-0.1, -0.05) is 12.1 Å². The van der Waals surface area contributed by atoms with E-state index in [9.17, 15) is 4.79 Å². The topological polar surface area (TPSA) is 77.0 Å². The lowest BCUT2D eigenvalue weighted by Crippen LogP contribution is -2.07. The first-order valence-corrected chi connectivity index (χ1v) is 7.23. The maximum Gasteiger partial charge on any atom is 0.248 e. The Balaban J connectivity index is 1.64. The van der Waals surface area contributed by atoms with Crippen molar-refractivity contribution in [2.45, 2.75) is 0 Å². The van der Waals surface area contributed by atoms with Crippen molar-refractivity contribution in [1.29, 1.82) is 0 Å². The molecular formula is C18H14N4O2. The number of aromatic nitrogens is 3. The van der Waals surface area contributed by atoms with E-state index in [4.69, 9.17) is 4.74 Å². The summed E-state index contributed by atoms with van der Waals surface area (Å²) in [5.41, 5.74) is 1.48. The number of rotatable bonds is 5. The maximum absolute atomic E-state index is 12.0. The van der Waals surface area contributed by atoms with Crippen molar-refractivity contribution >= 4 is 17.7 Å². The Bertz CT molecular complexity index is 836. The minimum Gasteiger partial charge on any atom is -0.437 e. The molecule has 0 bridgehead atoms. The summed E-state index contributed by atoms with van der Waals surface area (Å²) in [6, 6.07) is 10.7. The molecule has 6 nitrogen and oxygen atoms in total. The van der Waals surface area contributed by atoms with Gasteiger partial charge in [0.15, 0.2) is 0 Å². The van der Waals surface area contributed by atoms with E-state index in [2.05, 4.69) is 20.3 Å². The van der Waals surface area contributed by atoms with Gasteiger partial charge in [-0.2, -0.15) is 0 Å². The van der Waals surface area contributed by atoms with Crippen LogP contribution in [0, 0.1) is 0 Å². The fraction of sp³-hybridized carbons (Fsp3) is 0. The average Bonchev–Trinajstić information content (AvgIpc) is 2.62. The van der Waals surface area contributed by atoms with Gasteiger partial charge in [0.05, 0.1) is 6.20 Å². The second-order valence-corrected chi connectivity index (χ2v) is 4.78. The van der Waals surface area contributed by atoms with Crippen LogP contribution >= 0.6 is 0 Å². The van der Waals surface area contributed by atoms with Crippen molar-refractivity contribution in [2.24, 2.45) is 0 Å². The molecule has 3 aromatic rings. The molecule has 0 atom stereocenters. The van der Waals surface area contributed by atoms with Gasteiger partial charge in [0.25, 0.3) is 0 Å². The minimum atomic E-state index is -0.240. The van der Waals surface area contributed by atoms with Crippen molar-refractivity contribution in [2.75, 3.05) is 5.32 Å². The summed E-state index contributed by atoms with van der Waals surface area (Å²) in [6.45, 7) is 0. The SMILES string of the molecule is O=C(/C=C/c1cccnc1)Nc1cccc(Oc2cnccn2)c1. The second kappa shape index (κ2) is 7.64. The Morgan fingerprint density at radius 2 is 1.96 bits per heavy atom. The van der Waals surface area contributed by atoms with E-state index in [0.29, 0.717) is 17.3 Å². The Labute approximate surface area is 138 Å². The van der Waals surface area contributed by atoms with Crippen molar-refractivity contribution in [3.8, 4) is 11.6 Å². The van der Waals surface area contributed by atoms with Crippen LogP contribution in [-0.4, -0.2) is 20.9 Å². The number of benzene rings is 1. The van der Waals surface area contributed by atoms with Gasteiger partial charge in [-0.05, 0) is 29.8 Å². The molecule has 0 spiro atoms. The molecule has 0 aliphatic rings. The van der Waals surface area contributed by atoms with Gasteiger partial charge in [-0.25, -0.2) is 4.98 Å². The molecule has 118 valence electrons. The number of nitrogens with one attached hydrogen (secondary N) is 1. The summed E-state index contributed by atoms with van der Waals surface area (Å²) < 4.78 is 5.58. The van der Waals surface area contributed by atoms with E-state index in [1.807, 2.05) is 12.1 Å². The largest absolute Gasteiger partial charge is 0.437 e. The molecule has 1 aromatic carbocycles. The predicted molar refractivity (Wildman–Crippen MR) is 90.4 cm³/mol. The van der Waals surface area contributed by atoms with Crippen molar-refractivity contribution in [3.63, 3.8) is 0 Å². The summed E-state index contributed by atoms with van der Waals surface area (Å²) >= 11 is 0. The molecule has 0 saturated heterocycles. The molecule has 0 aliphatic heterocycles. The number of carbonyl (C=O) groups is 1. The lowest BCUT2D eigenvalue weighted by Gasteiger charge is -2.06. The Kier molecular flexibility index (Phi) is 4.89. The van der Waals surface area contributed by atoms with E-state index in [1.54, 1.807) is 55.1 Å². The lowest BCUT2D eigenvalue weighted by atomic mass is 10.2. The molecule has 0 radical (unpaired) electrons. The van der Waals surface area contributed by atoms with Crippen LogP contribution in [0.5, 0.6) is 11.6 Å². The van der Waals surface area contributed by atoms with Crippen molar-refractivity contribution in [1.82, 2.24) is 15.0 Å². The summed E-state index contributed by atoms with van der Waals surface area (Å²) in [7, 11) is 0. The zero-order valence-corrected chi connectivity index (χ0v) is 12.7. The van der Waals surface area contributed by atoms with E-state index < -0.39 is 0 Å². The molecule has 0 unspecified atom stereocenters. The molecule has 1 N–H and O–H groups in total. The lowest BCUT2D eigenvalue weighted by molar-refractivity contribution is -0.111. The fourth-order valence-corrected chi connectivity index (χ4v) is 1.93. The average molecular weight is 318 g/mol. The number of ether oxygens (including phenoxy) is 1. The highest BCUT2D eigenvalue weighted by atomic mass is 16.5. The second-order valence-electron chi connectivity index (χ2n) is 4.78. The van der Waals surface area contributed by atoms with Gasteiger partial charge in [-0.3, -0.25) is 14.8 Å². The number of amides is 1. The normalized spacial score (nSPS) is 10.5. The van der Waals surface area contributed by atoms with Gasteiger partial charge in [0.2, 0.25) is 11.8 Å². The smallest absolute Gasteiger partial charge is 0.248 e. The zero-order valence-electron chi connectivity index (χ0n) is 12.7. The first-order chi connectivity index (χ1) is 11.8. The number of anilines is 1. The monoisotopic (exact) mass is 318 g/mol. The zero-order chi connectivity index (χ0) is 16.6. The van der Waals surface area contributed by atoms with E-state index in [1.165, 1.54) is 12.3 Å². The highest BCUT2D eigenvalue weighted by Crippen LogP contribution is 2.22. The molecule has 2 heterocycles. The van der Waals surface area contributed by atoms with Gasteiger partial charge >= 0.3 is 0 Å². The van der Waals surface area contributed by atoms with Crippen LogP contribution in [0.4, 0.5) is 5.69 Å². The number of pyridine rings is 1. The highest BCUT2D eigenvalue weighted by molar-refractivity contribution is 6.01. The van der Waals surface area contributed by atoms with Crippen LogP contribution in [0.25, 0.3) is 6.08 Å². The third kappa shape index (κ3) is 4.48. The predicted octanol–water partition coefficient (Wildman–Crippen LogP) is 3.32. The molecule has 2 aromatic heterocycles. The van der Waals surface area contributed by atoms with Gasteiger partial charge in [0, 0.05) is 42.6 Å². The Hall–Kier alpha value is -3.54. The summed E-state index contributed by atoms with van der Waals surface area (Å²) in [4.78, 5) is 23.9. The summed E-state index contributed by atoms with van der Waals surface area (Å²) in [5, 5.41) is 2.78. The number of hydrogen-bond acceptors (Lipinski definition) is 5. The third-order valence-electron chi connectivity index (χ3n) is 2.98. The minimum absolute atomic E-state index is 0.240. The van der Waals surface area contributed by atoms with E-state index >= 15 is 0 Å². The number of carbonyl (C=O) groups excluding carboxylic acids is 1. The number of nitrogens with zero attached hydrogens (tertiary/aromatic N) is 3. The molecule has 6 heteroatoms. The first-order valence-electron chi connectivity index (χ1n) is 7.23. The first kappa shape index (κ1) is 15.4. The Morgan fingerprint density at radius 3 is 2.75 bits per heavy atom.